The number of aromatic nitrogens is 1. The monoisotopic (exact) mass is 343 g/mol. The largest absolute Gasteiger partial charge is 0.461 e. The van der Waals surface area contributed by atoms with E-state index in [4.69, 9.17) is 27.9 Å². The number of rotatable bonds is 4. The highest BCUT2D eigenvalue weighted by molar-refractivity contribution is 7.17. The number of hydrogen-bond acceptors (Lipinski definition) is 5. The zero-order valence-electron chi connectivity index (χ0n) is 11.3. The normalized spacial score (nSPS) is 10.5. The molecule has 0 saturated carbocycles. The van der Waals surface area contributed by atoms with Gasteiger partial charge in [-0.2, -0.15) is 0 Å². The molecule has 0 bridgehead atoms. The van der Waals surface area contributed by atoms with Gasteiger partial charge in [0.2, 0.25) is 0 Å². The Labute approximate surface area is 135 Å². The lowest BCUT2D eigenvalue weighted by atomic mass is 10.2. The molecule has 0 saturated heterocycles. The van der Waals surface area contributed by atoms with Crippen molar-refractivity contribution in [3.63, 3.8) is 0 Å². The van der Waals surface area contributed by atoms with Gasteiger partial charge in [-0.05, 0) is 19.1 Å². The molecule has 0 unspecified atom stereocenters. The summed E-state index contributed by atoms with van der Waals surface area (Å²) in [6, 6.07) is 5.04. The fraction of sp³-hybridized carbons (Fsp3) is 0.214. The second kappa shape index (κ2) is 6.56. The summed E-state index contributed by atoms with van der Waals surface area (Å²) < 4.78 is 4.92. The number of carbonyl (C=O) groups is 2. The van der Waals surface area contributed by atoms with Gasteiger partial charge in [-0.3, -0.25) is 4.79 Å². The number of ketones is 1. The first-order chi connectivity index (χ1) is 9.95. The van der Waals surface area contributed by atoms with Gasteiger partial charge in [-0.1, -0.05) is 29.3 Å². The Hall–Kier alpha value is -1.43. The molecule has 0 amide bonds. The zero-order chi connectivity index (χ0) is 15.6. The number of esters is 1. The maximum atomic E-state index is 11.9. The third-order valence-electron chi connectivity index (χ3n) is 2.59. The van der Waals surface area contributed by atoms with Crippen LogP contribution in [0.15, 0.2) is 18.2 Å². The average molecular weight is 344 g/mol. The van der Waals surface area contributed by atoms with Crippen molar-refractivity contribution in [3.05, 3.63) is 38.8 Å². The molecule has 21 heavy (non-hydrogen) atoms. The van der Waals surface area contributed by atoms with Crippen LogP contribution in [-0.4, -0.2) is 23.3 Å². The molecule has 0 aliphatic rings. The average Bonchev–Trinajstić information content (AvgIpc) is 2.84. The van der Waals surface area contributed by atoms with E-state index in [9.17, 15) is 9.59 Å². The van der Waals surface area contributed by atoms with Crippen molar-refractivity contribution in [1.29, 1.82) is 0 Å². The third kappa shape index (κ3) is 3.26. The standard InChI is InChI=1S/C14H11Cl2NO3S/c1-3-20-14(19)11-12(7(2)18)21-13(17-11)10-8(15)5-4-6-9(10)16/h4-6H,3H2,1-2H3. The predicted molar refractivity (Wildman–Crippen MR) is 83.5 cm³/mol. The highest BCUT2D eigenvalue weighted by atomic mass is 35.5. The summed E-state index contributed by atoms with van der Waals surface area (Å²) in [5.74, 6) is -0.890. The number of hydrogen-bond donors (Lipinski definition) is 0. The highest BCUT2D eigenvalue weighted by Crippen LogP contribution is 2.38. The van der Waals surface area contributed by atoms with Crippen molar-refractivity contribution >= 4 is 46.3 Å². The van der Waals surface area contributed by atoms with Crippen molar-refractivity contribution in [3.8, 4) is 10.6 Å². The number of benzene rings is 1. The lowest BCUT2D eigenvalue weighted by Crippen LogP contribution is -2.09. The second-order valence-electron chi connectivity index (χ2n) is 4.07. The van der Waals surface area contributed by atoms with E-state index in [1.165, 1.54) is 6.92 Å². The van der Waals surface area contributed by atoms with Crippen LogP contribution in [0.2, 0.25) is 10.0 Å². The van der Waals surface area contributed by atoms with E-state index < -0.39 is 5.97 Å². The van der Waals surface area contributed by atoms with Gasteiger partial charge in [0.1, 0.15) is 9.88 Å². The van der Waals surface area contributed by atoms with Gasteiger partial charge in [-0.25, -0.2) is 9.78 Å². The molecule has 7 heteroatoms. The van der Waals surface area contributed by atoms with Gasteiger partial charge in [0.25, 0.3) is 0 Å². The van der Waals surface area contributed by atoms with E-state index in [0.29, 0.717) is 20.6 Å². The number of Topliss-reactive ketones (excluding diaryl/α,β-unsaturated/α-hetero) is 1. The summed E-state index contributed by atoms with van der Waals surface area (Å²) in [5, 5.41) is 1.22. The summed E-state index contributed by atoms with van der Waals surface area (Å²) in [6.07, 6.45) is 0. The molecule has 0 fully saturated rings. The van der Waals surface area contributed by atoms with Crippen molar-refractivity contribution in [2.75, 3.05) is 6.61 Å². The SMILES string of the molecule is CCOC(=O)c1nc(-c2c(Cl)cccc2Cl)sc1C(C)=O. The van der Waals surface area contributed by atoms with E-state index in [0.717, 1.165) is 11.3 Å². The molecule has 0 spiro atoms. The van der Waals surface area contributed by atoms with Crippen molar-refractivity contribution in [2.24, 2.45) is 0 Å². The topological polar surface area (TPSA) is 56.3 Å². The minimum atomic E-state index is -0.631. The number of carbonyl (C=O) groups excluding carboxylic acids is 2. The molecular weight excluding hydrogens is 333 g/mol. The van der Waals surface area contributed by atoms with Gasteiger partial charge in [0.05, 0.1) is 16.7 Å². The number of thiazole rings is 1. The Kier molecular flexibility index (Phi) is 4.98. The predicted octanol–water partition coefficient (Wildman–Crippen LogP) is 4.50. The molecule has 0 N–H and O–H groups in total. The van der Waals surface area contributed by atoms with Crippen LogP contribution in [0.5, 0.6) is 0 Å². The van der Waals surface area contributed by atoms with Crippen LogP contribution in [-0.2, 0) is 4.74 Å². The van der Waals surface area contributed by atoms with Gasteiger partial charge >= 0.3 is 5.97 Å². The van der Waals surface area contributed by atoms with Gasteiger partial charge in [0.15, 0.2) is 11.5 Å². The van der Waals surface area contributed by atoms with Crippen LogP contribution in [0.4, 0.5) is 0 Å². The van der Waals surface area contributed by atoms with Crippen LogP contribution in [0, 0.1) is 0 Å². The van der Waals surface area contributed by atoms with E-state index in [1.807, 2.05) is 0 Å². The first-order valence-corrected chi connectivity index (χ1v) is 7.66. The first-order valence-electron chi connectivity index (χ1n) is 6.09. The van der Waals surface area contributed by atoms with Crippen molar-refractivity contribution < 1.29 is 14.3 Å². The summed E-state index contributed by atoms with van der Waals surface area (Å²) >= 11 is 13.3. The summed E-state index contributed by atoms with van der Waals surface area (Å²) in [7, 11) is 0. The fourth-order valence-electron chi connectivity index (χ4n) is 1.71. The van der Waals surface area contributed by atoms with Gasteiger partial charge < -0.3 is 4.74 Å². The zero-order valence-corrected chi connectivity index (χ0v) is 13.6. The van der Waals surface area contributed by atoms with E-state index in [-0.39, 0.29) is 23.0 Å². The third-order valence-corrected chi connectivity index (χ3v) is 4.40. The lowest BCUT2D eigenvalue weighted by Gasteiger charge is -2.02. The summed E-state index contributed by atoms with van der Waals surface area (Å²) in [4.78, 5) is 28.0. The van der Waals surface area contributed by atoms with Gasteiger partial charge in [-0.15, -0.1) is 11.3 Å². The molecule has 4 nitrogen and oxygen atoms in total. The van der Waals surface area contributed by atoms with Crippen LogP contribution >= 0.6 is 34.5 Å². The second-order valence-corrected chi connectivity index (χ2v) is 5.88. The summed E-state index contributed by atoms with van der Waals surface area (Å²) in [6.45, 7) is 3.26. The van der Waals surface area contributed by atoms with Gasteiger partial charge in [0, 0.05) is 12.5 Å². The molecule has 1 heterocycles. The molecule has 0 radical (unpaired) electrons. The Morgan fingerprint density at radius 3 is 2.43 bits per heavy atom. The number of ether oxygens (including phenoxy) is 1. The molecule has 0 aliphatic carbocycles. The fourth-order valence-corrected chi connectivity index (χ4v) is 3.42. The van der Waals surface area contributed by atoms with Crippen LogP contribution in [0.25, 0.3) is 10.6 Å². The molecular formula is C14H11Cl2NO3S. The van der Waals surface area contributed by atoms with E-state index >= 15 is 0 Å². The molecule has 2 aromatic rings. The molecule has 0 atom stereocenters. The number of nitrogens with zero attached hydrogens (tertiary/aromatic N) is 1. The van der Waals surface area contributed by atoms with E-state index in [2.05, 4.69) is 4.98 Å². The highest BCUT2D eigenvalue weighted by Gasteiger charge is 2.24. The van der Waals surface area contributed by atoms with Crippen molar-refractivity contribution in [1.82, 2.24) is 4.98 Å². The maximum absolute atomic E-state index is 11.9. The summed E-state index contributed by atoms with van der Waals surface area (Å²) in [5.41, 5.74) is 0.504. The minimum Gasteiger partial charge on any atom is -0.461 e. The van der Waals surface area contributed by atoms with Crippen LogP contribution in [0.1, 0.15) is 34.0 Å². The van der Waals surface area contributed by atoms with Crippen LogP contribution in [0.3, 0.4) is 0 Å². The quantitative estimate of drug-likeness (QED) is 0.605. The maximum Gasteiger partial charge on any atom is 0.358 e. The molecule has 2 rings (SSSR count). The van der Waals surface area contributed by atoms with Crippen LogP contribution < -0.4 is 0 Å². The number of halogens is 2. The molecule has 1 aromatic carbocycles. The lowest BCUT2D eigenvalue weighted by molar-refractivity contribution is 0.0517. The first kappa shape index (κ1) is 15.9. The Balaban J connectivity index is 2.59. The minimum absolute atomic E-state index is 0.000311. The van der Waals surface area contributed by atoms with E-state index in [1.54, 1.807) is 25.1 Å². The molecule has 110 valence electrons. The molecule has 0 aliphatic heterocycles. The van der Waals surface area contributed by atoms with Crippen molar-refractivity contribution in [2.45, 2.75) is 13.8 Å². The Morgan fingerprint density at radius 1 is 1.29 bits per heavy atom. The smallest absolute Gasteiger partial charge is 0.358 e. The Morgan fingerprint density at radius 2 is 1.90 bits per heavy atom. The molecule has 1 aromatic heterocycles. The Bertz CT molecular complexity index is 692.